The number of amides is 1. The molecule has 34 heavy (non-hydrogen) atoms. The molecule has 4 rings (SSSR count). The fraction of sp³-hybridized carbons (Fsp3) is 0.360. The van der Waals surface area contributed by atoms with Gasteiger partial charge in [0.25, 0.3) is 11.7 Å². The second-order valence-electron chi connectivity index (χ2n) is 8.10. The van der Waals surface area contributed by atoms with Crippen LogP contribution in [0.5, 0.6) is 17.2 Å². The first-order valence-electron chi connectivity index (χ1n) is 11.0. The van der Waals surface area contributed by atoms with Crippen molar-refractivity contribution in [3.05, 3.63) is 59.2 Å². The van der Waals surface area contributed by atoms with Crippen LogP contribution < -0.4 is 9.47 Å². The van der Waals surface area contributed by atoms with Gasteiger partial charge in [0, 0.05) is 32.2 Å². The van der Waals surface area contributed by atoms with Crippen LogP contribution in [0.2, 0.25) is 0 Å². The SMILES string of the molecule is COc1ccc([C@H]2C(=C(O)c3ccc(OC)cc3O)C(=O)C(=O)N2CCN2CCOCC2)cc1. The van der Waals surface area contributed by atoms with Crippen molar-refractivity contribution < 1.29 is 34.0 Å². The molecule has 1 atom stereocenters. The highest BCUT2D eigenvalue weighted by molar-refractivity contribution is 6.46. The third-order valence-electron chi connectivity index (χ3n) is 6.19. The number of phenolic OH excluding ortho intramolecular Hbond substituents is 1. The lowest BCUT2D eigenvalue weighted by molar-refractivity contribution is -0.140. The molecule has 0 spiro atoms. The first-order chi connectivity index (χ1) is 16.4. The average molecular weight is 469 g/mol. The van der Waals surface area contributed by atoms with Crippen LogP contribution in [0, 0.1) is 0 Å². The second-order valence-corrected chi connectivity index (χ2v) is 8.10. The van der Waals surface area contributed by atoms with Crippen LogP contribution in [0.15, 0.2) is 48.0 Å². The van der Waals surface area contributed by atoms with E-state index in [0.717, 1.165) is 13.1 Å². The minimum absolute atomic E-state index is 0.0468. The lowest BCUT2D eigenvalue weighted by atomic mass is 9.95. The fourth-order valence-corrected chi connectivity index (χ4v) is 4.30. The number of nitrogens with zero attached hydrogens (tertiary/aromatic N) is 2. The summed E-state index contributed by atoms with van der Waals surface area (Å²) >= 11 is 0. The van der Waals surface area contributed by atoms with E-state index in [-0.39, 0.29) is 16.9 Å². The molecule has 0 aliphatic carbocycles. The Morgan fingerprint density at radius 2 is 1.65 bits per heavy atom. The Kier molecular flexibility index (Phi) is 7.04. The normalized spacial score (nSPS) is 20.5. The minimum atomic E-state index is -0.812. The molecule has 2 aromatic carbocycles. The minimum Gasteiger partial charge on any atom is -0.507 e. The Morgan fingerprint density at radius 1 is 1.00 bits per heavy atom. The number of methoxy groups -OCH3 is 2. The largest absolute Gasteiger partial charge is 0.507 e. The van der Waals surface area contributed by atoms with Crippen molar-refractivity contribution >= 4 is 17.4 Å². The van der Waals surface area contributed by atoms with Gasteiger partial charge in [0.15, 0.2) is 0 Å². The Morgan fingerprint density at radius 3 is 2.26 bits per heavy atom. The van der Waals surface area contributed by atoms with Crippen LogP contribution in [0.4, 0.5) is 0 Å². The summed E-state index contributed by atoms with van der Waals surface area (Å²) in [6.07, 6.45) is 0. The van der Waals surface area contributed by atoms with E-state index in [1.807, 2.05) is 0 Å². The molecule has 180 valence electrons. The maximum absolute atomic E-state index is 13.1. The topological polar surface area (TPSA) is 109 Å². The number of aliphatic hydroxyl groups excluding tert-OH is 1. The van der Waals surface area contributed by atoms with Crippen LogP contribution in [-0.2, 0) is 14.3 Å². The molecule has 9 heteroatoms. The van der Waals surface area contributed by atoms with Gasteiger partial charge in [0.05, 0.1) is 44.6 Å². The van der Waals surface area contributed by atoms with Crippen molar-refractivity contribution in [1.82, 2.24) is 9.80 Å². The average Bonchev–Trinajstić information content (AvgIpc) is 3.12. The molecule has 2 aliphatic rings. The number of rotatable bonds is 7. The van der Waals surface area contributed by atoms with Crippen molar-refractivity contribution in [3.63, 3.8) is 0 Å². The number of ether oxygens (including phenoxy) is 3. The maximum atomic E-state index is 13.1. The van der Waals surface area contributed by atoms with E-state index in [2.05, 4.69) is 4.90 Å². The molecule has 2 heterocycles. The van der Waals surface area contributed by atoms with Crippen LogP contribution >= 0.6 is 0 Å². The highest BCUT2D eigenvalue weighted by atomic mass is 16.5. The molecule has 2 aliphatic heterocycles. The summed E-state index contributed by atoms with van der Waals surface area (Å²) in [5.74, 6) is -1.16. The smallest absolute Gasteiger partial charge is 0.295 e. The molecular formula is C25H28N2O7. The van der Waals surface area contributed by atoms with E-state index in [9.17, 15) is 19.8 Å². The van der Waals surface area contributed by atoms with Crippen LogP contribution in [0.25, 0.3) is 5.76 Å². The van der Waals surface area contributed by atoms with Gasteiger partial charge in [0.2, 0.25) is 0 Å². The number of hydrogen-bond acceptors (Lipinski definition) is 8. The number of aromatic hydroxyl groups is 1. The Hall–Kier alpha value is -3.56. The standard InChI is InChI=1S/C25H28N2O7/c1-32-17-5-3-16(4-6-17)22-21(23(29)19-8-7-18(33-2)15-20(19)28)24(30)25(31)27(22)10-9-26-11-13-34-14-12-26/h3-8,15,22,28-29H,9-14H2,1-2H3/t22-/m0/s1. The van der Waals surface area contributed by atoms with Gasteiger partial charge in [-0.25, -0.2) is 0 Å². The zero-order chi connectivity index (χ0) is 24.2. The Balaban J connectivity index is 1.75. The van der Waals surface area contributed by atoms with Gasteiger partial charge < -0.3 is 29.3 Å². The van der Waals surface area contributed by atoms with Crippen molar-refractivity contribution in [3.8, 4) is 17.2 Å². The maximum Gasteiger partial charge on any atom is 0.295 e. The van der Waals surface area contributed by atoms with Gasteiger partial charge in [-0.2, -0.15) is 0 Å². The van der Waals surface area contributed by atoms with Crippen molar-refractivity contribution in [2.24, 2.45) is 0 Å². The van der Waals surface area contributed by atoms with Gasteiger partial charge in [0.1, 0.15) is 23.0 Å². The number of phenols is 1. The number of Topliss-reactive ketones (excluding diaryl/α,β-unsaturated/α-hetero) is 1. The lowest BCUT2D eigenvalue weighted by Gasteiger charge is -2.31. The van der Waals surface area contributed by atoms with E-state index in [0.29, 0.717) is 43.4 Å². The van der Waals surface area contributed by atoms with E-state index in [4.69, 9.17) is 14.2 Å². The molecule has 1 amide bonds. The van der Waals surface area contributed by atoms with E-state index in [1.165, 1.54) is 24.1 Å². The molecule has 0 bridgehead atoms. The van der Waals surface area contributed by atoms with Gasteiger partial charge in [-0.05, 0) is 29.8 Å². The van der Waals surface area contributed by atoms with E-state index in [1.54, 1.807) is 37.4 Å². The quantitative estimate of drug-likeness (QED) is 0.362. The third kappa shape index (κ3) is 4.57. The molecule has 9 nitrogen and oxygen atoms in total. The van der Waals surface area contributed by atoms with E-state index < -0.39 is 23.5 Å². The predicted molar refractivity (Wildman–Crippen MR) is 124 cm³/mol. The zero-order valence-electron chi connectivity index (χ0n) is 19.2. The highest BCUT2D eigenvalue weighted by Crippen LogP contribution is 2.41. The second kappa shape index (κ2) is 10.1. The van der Waals surface area contributed by atoms with Crippen LogP contribution in [0.1, 0.15) is 17.2 Å². The molecule has 2 saturated heterocycles. The summed E-state index contributed by atoms with van der Waals surface area (Å²) < 4.78 is 15.7. The van der Waals surface area contributed by atoms with Crippen molar-refractivity contribution in [2.75, 3.05) is 53.6 Å². The molecule has 0 saturated carbocycles. The number of hydrogen-bond donors (Lipinski definition) is 2. The van der Waals surface area contributed by atoms with Gasteiger partial charge in [-0.3, -0.25) is 14.5 Å². The summed E-state index contributed by atoms with van der Waals surface area (Å²) in [5, 5.41) is 21.6. The van der Waals surface area contributed by atoms with Crippen molar-refractivity contribution in [1.29, 1.82) is 0 Å². The zero-order valence-corrected chi connectivity index (χ0v) is 19.2. The summed E-state index contributed by atoms with van der Waals surface area (Å²) in [4.78, 5) is 29.9. The number of likely N-dealkylation sites (tertiary alicyclic amines) is 1. The number of morpholine rings is 1. The Bertz CT molecular complexity index is 1090. The highest BCUT2D eigenvalue weighted by Gasteiger charge is 2.46. The molecule has 2 fully saturated rings. The fourth-order valence-electron chi connectivity index (χ4n) is 4.30. The molecule has 2 aromatic rings. The monoisotopic (exact) mass is 468 g/mol. The number of carbonyl (C=O) groups excluding carboxylic acids is 2. The summed E-state index contributed by atoms with van der Waals surface area (Å²) in [6, 6.07) is 10.5. The lowest BCUT2D eigenvalue weighted by Crippen LogP contribution is -2.42. The first kappa shape index (κ1) is 23.6. The molecule has 0 aromatic heterocycles. The van der Waals surface area contributed by atoms with Gasteiger partial charge in [-0.15, -0.1) is 0 Å². The van der Waals surface area contributed by atoms with Crippen molar-refractivity contribution in [2.45, 2.75) is 6.04 Å². The van der Waals surface area contributed by atoms with Crippen LogP contribution in [-0.4, -0.2) is 85.3 Å². The predicted octanol–water partition coefficient (Wildman–Crippen LogP) is 2.16. The number of benzene rings is 2. The summed E-state index contributed by atoms with van der Waals surface area (Å²) in [6.45, 7) is 3.60. The van der Waals surface area contributed by atoms with Gasteiger partial charge >= 0.3 is 0 Å². The van der Waals surface area contributed by atoms with Crippen LogP contribution in [0.3, 0.4) is 0 Å². The van der Waals surface area contributed by atoms with Gasteiger partial charge in [-0.1, -0.05) is 12.1 Å². The third-order valence-corrected chi connectivity index (χ3v) is 6.19. The summed E-state index contributed by atoms with van der Waals surface area (Å²) in [7, 11) is 3.01. The number of aliphatic hydroxyl groups is 1. The number of ketones is 1. The molecular weight excluding hydrogens is 440 g/mol. The number of carbonyl (C=O) groups is 2. The summed E-state index contributed by atoms with van der Waals surface area (Å²) in [5.41, 5.74) is 0.625. The Labute approximate surface area is 197 Å². The molecule has 2 N–H and O–H groups in total. The first-order valence-corrected chi connectivity index (χ1v) is 11.0. The molecule has 0 radical (unpaired) electrons. The van der Waals surface area contributed by atoms with E-state index >= 15 is 0 Å². The molecule has 0 unspecified atom stereocenters.